The van der Waals surface area contributed by atoms with Gasteiger partial charge in [-0.1, -0.05) is 12.1 Å². The van der Waals surface area contributed by atoms with Crippen LogP contribution >= 0.6 is 35.3 Å². The molecule has 0 saturated heterocycles. The predicted octanol–water partition coefficient (Wildman–Crippen LogP) is 3.95. The fourth-order valence-electron chi connectivity index (χ4n) is 2.45. The van der Waals surface area contributed by atoms with Crippen LogP contribution in [-0.2, 0) is 13.1 Å². The number of nitrogens with zero attached hydrogens (tertiary/aromatic N) is 2. The van der Waals surface area contributed by atoms with Gasteiger partial charge in [0.2, 0.25) is 0 Å². The molecule has 1 heterocycles. The van der Waals surface area contributed by atoms with E-state index in [1.54, 1.807) is 18.4 Å². The average molecular weight is 474 g/mol. The number of aliphatic imine (C=N–C) groups is 1. The van der Waals surface area contributed by atoms with Crippen molar-refractivity contribution in [2.75, 3.05) is 13.7 Å². The molecule has 0 unspecified atom stereocenters. The summed E-state index contributed by atoms with van der Waals surface area (Å²) in [6, 6.07) is 6.15. The molecule has 7 heteroatoms. The summed E-state index contributed by atoms with van der Waals surface area (Å²) in [5, 5.41) is 7.77. The van der Waals surface area contributed by atoms with Crippen LogP contribution in [0.25, 0.3) is 0 Å². The molecule has 0 amide bonds. The van der Waals surface area contributed by atoms with Crippen LogP contribution in [0.2, 0.25) is 0 Å². The number of hydrogen-bond donors (Lipinski definition) is 2. The average Bonchev–Trinajstić information content (AvgIpc) is 2.88. The SMILES string of the molecule is CCNC(=NCc1ccc(OC)c(C)c1)NCc1sc(C)nc1C.I. The highest BCUT2D eigenvalue weighted by atomic mass is 127. The van der Waals surface area contributed by atoms with E-state index in [2.05, 4.69) is 39.7 Å². The fourth-order valence-corrected chi connectivity index (χ4v) is 3.33. The topological polar surface area (TPSA) is 58.5 Å². The lowest BCUT2D eigenvalue weighted by atomic mass is 10.1. The number of aryl methyl sites for hydroxylation is 3. The van der Waals surface area contributed by atoms with Gasteiger partial charge in [-0.15, -0.1) is 35.3 Å². The van der Waals surface area contributed by atoms with Crippen molar-refractivity contribution in [3.63, 3.8) is 0 Å². The van der Waals surface area contributed by atoms with Gasteiger partial charge in [-0.05, 0) is 44.9 Å². The van der Waals surface area contributed by atoms with Gasteiger partial charge in [0.15, 0.2) is 5.96 Å². The summed E-state index contributed by atoms with van der Waals surface area (Å²) in [6.07, 6.45) is 0. The van der Waals surface area contributed by atoms with E-state index >= 15 is 0 Å². The number of benzene rings is 1. The number of methoxy groups -OCH3 is 1. The predicted molar refractivity (Wildman–Crippen MR) is 116 cm³/mol. The van der Waals surface area contributed by atoms with Gasteiger partial charge in [-0.3, -0.25) is 0 Å². The number of hydrogen-bond acceptors (Lipinski definition) is 4. The Kier molecular flexibility index (Phi) is 9.20. The van der Waals surface area contributed by atoms with E-state index < -0.39 is 0 Å². The molecule has 0 saturated carbocycles. The summed E-state index contributed by atoms with van der Waals surface area (Å²) in [4.78, 5) is 10.4. The lowest BCUT2D eigenvalue weighted by Gasteiger charge is -2.11. The minimum atomic E-state index is 0. The zero-order chi connectivity index (χ0) is 17.5. The van der Waals surface area contributed by atoms with E-state index in [9.17, 15) is 0 Å². The van der Waals surface area contributed by atoms with E-state index in [-0.39, 0.29) is 24.0 Å². The zero-order valence-electron chi connectivity index (χ0n) is 15.5. The Labute approximate surface area is 171 Å². The molecule has 5 nitrogen and oxygen atoms in total. The van der Waals surface area contributed by atoms with Gasteiger partial charge in [0.1, 0.15) is 5.75 Å². The third-order valence-corrected chi connectivity index (χ3v) is 4.71. The van der Waals surface area contributed by atoms with Crippen LogP contribution in [0.15, 0.2) is 23.2 Å². The minimum Gasteiger partial charge on any atom is -0.496 e. The second-order valence-corrected chi connectivity index (χ2v) is 6.88. The molecule has 1 aromatic carbocycles. The highest BCUT2D eigenvalue weighted by Gasteiger charge is 2.06. The van der Waals surface area contributed by atoms with Crippen LogP contribution < -0.4 is 15.4 Å². The molecule has 2 rings (SSSR count). The summed E-state index contributed by atoms with van der Waals surface area (Å²) >= 11 is 1.72. The molecular weight excluding hydrogens is 447 g/mol. The van der Waals surface area contributed by atoms with Crippen molar-refractivity contribution in [1.82, 2.24) is 15.6 Å². The molecule has 0 spiro atoms. The Morgan fingerprint density at radius 1 is 1.24 bits per heavy atom. The lowest BCUT2D eigenvalue weighted by Crippen LogP contribution is -2.36. The molecular formula is C18H27IN4OS. The summed E-state index contributed by atoms with van der Waals surface area (Å²) < 4.78 is 5.30. The standard InChI is InChI=1S/C18H26N4OS.HI/c1-6-19-18(21-11-17-13(3)22-14(4)24-17)20-10-15-7-8-16(23-5)12(2)9-15;/h7-9H,6,10-11H2,1-5H3,(H2,19,20,21);1H. The third-order valence-electron chi connectivity index (χ3n) is 3.64. The van der Waals surface area contributed by atoms with E-state index in [1.165, 1.54) is 4.88 Å². The maximum atomic E-state index is 5.30. The molecule has 0 fully saturated rings. The van der Waals surface area contributed by atoms with Crippen LogP contribution in [0.1, 0.15) is 33.6 Å². The van der Waals surface area contributed by atoms with Gasteiger partial charge in [0.25, 0.3) is 0 Å². The first-order valence-corrected chi connectivity index (χ1v) is 8.93. The monoisotopic (exact) mass is 474 g/mol. The summed E-state index contributed by atoms with van der Waals surface area (Å²) in [6.45, 7) is 10.4. The smallest absolute Gasteiger partial charge is 0.191 e. The summed E-state index contributed by atoms with van der Waals surface area (Å²) in [7, 11) is 1.69. The Morgan fingerprint density at radius 3 is 2.56 bits per heavy atom. The number of rotatable bonds is 6. The number of thiazole rings is 1. The quantitative estimate of drug-likeness (QED) is 0.378. The molecule has 0 radical (unpaired) electrons. The molecule has 0 aliphatic rings. The first-order chi connectivity index (χ1) is 11.5. The fraction of sp³-hybridized carbons (Fsp3) is 0.444. The van der Waals surface area contributed by atoms with Crippen LogP contribution in [-0.4, -0.2) is 24.6 Å². The largest absolute Gasteiger partial charge is 0.496 e. The van der Waals surface area contributed by atoms with Crippen molar-refractivity contribution in [2.24, 2.45) is 4.99 Å². The molecule has 138 valence electrons. The number of guanidine groups is 1. The van der Waals surface area contributed by atoms with Crippen molar-refractivity contribution >= 4 is 41.3 Å². The van der Waals surface area contributed by atoms with Gasteiger partial charge in [0, 0.05) is 11.4 Å². The van der Waals surface area contributed by atoms with Gasteiger partial charge < -0.3 is 15.4 Å². The van der Waals surface area contributed by atoms with Crippen LogP contribution in [0.4, 0.5) is 0 Å². The highest BCUT2D eigenvalue weighted by molar-refractivity contribution is 14.0. The Bertz CT molecular complexity index is 715. The first kappa shape index (κ1) is 21.7. The Morgan fingerprint density at radius 2 is 2.00 bits per heavy atom. The number of ether oxygens (including phenoxy) is 1. The first-order valence-electron chi connectivity index (χ1n) is 8.12. The second-order valence-electron chi connectivity index (χ2n) is 5.59. The molecule has 0 aliphatic heterocycles. The van der Waals surface area contributed by atoms with Crippen molar-refractivity contribution in [3.8, 4) is 5.75 Å². The van der Waals surface area contributed by atoms with Gasteiger partial charge >= 0.3 is 0 Å². The zero-order valence-corrected chi connectivity index (χ0v) is 18.6. The second kappa shape index (κ2) is 10.6. The van der Waals surface area contributed by atoms with Crippen LogP contribution in [0, 0.1) is 20.8 Å². The molecule has 0 bridgehead atoms. The normalized spacial score (nSPS) is 11.0. The van der Waals surface area contributed by atoms with Gasteiger partial charge in [-0.25, -0.2) is 9.98 Å². The Balaban J connectivity index is 0.00000312. The van der Waals surface area contributed by atoms with E-state index in [1.807, 2.05) is 26.8 Å². The maximum absolute atomic E-state index is 5.30. The molecule has 0 atom stereocenters. The van der Waals surface area contributed by atoms with Crippen LogP contribution in [0.5, 0.6) is 5.75 Å². The van der Waals surface area contributed by atoms with Crippen molar-refractivity contribution in [2.45, 2.75) is 40.8 Å². The number of halogens is 1. The van der Waals surface area contributed by atoms with Crippen LogP contribution in [0.3, 0.4) is 0 Å². The lowest BCUT2D eigenvalue weighted by molar-refractivity contribution is 0.411. The number of aromatic nitrogens is 1. The highest BCUT2D eigenvalue weighted by Crippen LogP contribution is 2.19. The molecule has 1 aromatic heterocycles. The van der Waals surface area contributed by atoms with Crippen molar-refractivity contribution < 1.29 is 4.74 Å². The van der Waals surface area contributed by atoms with Crippen molar-refractivity contribution in [1.29, 1.82) is 0 Å². The molecule has 0 aliphatic carbocycles. The third kappa shape index (κ3) is 6.47. The number of nitrogens with one attached hydrogen (secondary N) is 2. The van der Waals surface area contributed by atoms with Gasteiger partial charge in [-0.2, -0.15) is 0 Å². The van der Waals surface area contributed by atoms with E-state index in [4.69, 9.17) is 4.74 Å². The summed E-state index contributed by atoms with van der Waals surface area (Å²) in [5.74, 6) is 1.72. The molecule has 25 heavy (non-hydrogen) atoms. The molecule has 2 N–H and O–H groups in total. The van der Waals surface area contributed by atoms with Crippen molar-refractivity contribution in [3.05, 3.63) is 44.9 Å². The van der Waals surface area contributed by atoms with E-state index in [0.29, 0.717) is 6.54 Å². The van der Waals surface area contributed by atoms with Gasteiger partial charge in [0.05, 0.1) is 30.9 Å². The molecule has 2 aromatic rings. The summed E-state index contributed by atoms with van der Waals surface area (Å²) in [5.41, 5.74) is 3.38. The minimum absolute atomic E-state index is 0. The van der Waals surface area contributed by atoms with E-state index in [0.717, 1.165) is 46.6 Å². The maximum Gasteiger partial charge on any atom is 0.191 e. The Hall–Kier alpha value is -1.35.